The van der Waals surface area contributed by atoms with E-state index in [1.54, 1.807) is 6.20 Å². The highest BCUT2D eigenvalue weighted by atomic mass is 16.6. The number of alkyl carbamates (subject to hydrolysis) is 1. The molecular formula is C31H33N5O7. The Morgan fingerprint density at radius 3 is 2.56 bits per heavy atom. The number of nitro groups is 1. The third-order valence-electron chi connectivity index (χ3n) is 6.34. The maximum absolute atomic E-state index is 13.2. The van der Waals surface area contributed by atoms with Gasteiger partial charge < -0.3 is 24.5 Å². The van der Waals surface area contributed by atoms with Gasteiger partial charge in [0.05, 0.1) is 24.9 Å². The number of nitro benzene ring substituents is 1. The van der Waals surface area contributed by atoms with Gasteiger partial charge in [0.1, 0.15) is 12.6 Å². The molecule has 3 aromatic carbocycles. The molecule has 4 rings (SSSR count). The van der Waals surface area contributed by atoms with Gasteiger partial charge in [-0.15, -0.1) is 0 Å². The van der Waals surface area contributed by atoms with E-state index in [0.717, 1.165) is 22.0 Å². The van der Waals surface area contributed by atoms with Crippen molar-refractivity contribution in [2.45, 2.75) is 32.9 Å². The lowest BCUT2D eigenvalue weighted by Gasteiger charge is -2.17. The first kappa shape index (κ1) is 30.6. The summed E-state index contributed by atoms with van der Waals surface area (Å²) in [5, 5.41) is 19.4. The largest absolute Gasteiger partial charge is 0.493 e. The second-order valence-electron chi connectivity index (χ2n) is 10.1. The number of nitrogens with zero attached hydrogens (tertiary/aromatic N) is 2. The van der Waals surface area contributed by atoms with Gasteiger partial charge in [0.15, 0.2) is 5.75 Å². The predicted molar refractivity (Wildman–Crippen MR) is 161 cm³/mol. The second kappa shape index (κ2) is 14.5. The second-order valence-corrected chi connectivity index (χ2v) is 10.1. The molecule has 0 unspecified atom stereocenters. The number of H-pyrrole nitrogens is 1. The molecule has 0 aliphatic carbocycles. The Morgan fingerprint density at radius 1 is 1.09 bits per heavy atom. The number of aromatic amines is 1. The van der Waals surface area contributed by atoms with E-state index in [0.29, 0.717) is 0 Å². The predicted octanol–water partition coefficient (Wildman–Crippen LogP) is 5.11. The molecule has 0 saturated carbocycles. The first-order chi connectivity index (χ1) is 20.7. The van der Waals surface area contributed by atoms with Crippen LogP contribution in [0.15, 0.2) is 78.0 Å². The number of amides is 2. The van der Waals surface area contributed by atoms with E-state index in [-0.39, 0.29) is 48.3 Å². The molecule has 0 spiro atoms. The lowest BCUT2D eigenvalue weighted by Crippen LogP contribution is -2.47. The van der Waals surface area contributed by atoms with Crippen molar-refractivity contribution in [3.8, 4) is 11.5 Å². The molecular weight excluding hydrogens is 554 g/mol. The van der Waals surface area contributed by atoms with E-state index in [9.17, 15) is 19.7 Å². The summed E-state index contributed by atoms with van der Waals surface area (Å²) in [6, 6.07) is 18.6. The van der Waals surface area contributed by atoms with E-state index in [1.165, 1.54) is 25.5 Å². The molecule has 224 valence electrons. The summed E-state index contributed by atoms with van der Waals surface area (Å²) in [5.41, 5.74) is 4.92. The summed E-state index contributed by atoms with van der Waals surface area (Å²) in [6.45, 7) is 4.10. The number of fused-ring (bicyclic) bond motifs is 1. The number of para-hydroxylation sites is 1. The molecule has 1 heterocycles. The fourth-order valence-corrected chi connectivity index (χ4v) is 4.25. The van der Waals surface area contributed by atoms with Crippen LogP contribution in [0.1, 0.15) is 30.5 Å². The minimum Gasteiger partial charge on any atom is -0.493 e. The fourth-order valence-electron chi connectivity index (χ4n) is 4.25. The average Bonchev–Trinajstić information content (AvgIpc) is 3.41. The summed E-state index contributed by atoms with van der Waals surface area (Å²) < 4.78 is 16.3. The number of nitrogens with one attached hydrogen (secondary N) is 3. The zero-order chi connectivity index (χ0) is 30.8. The van der Waals surface area contributed by atoms with Gasteiger partial charge in [-0.1, -0.05) is 62.4 Å². The molecule has 3 N–H and O–H groups in total. The zero-order valence-corrected chi connectivity index (χ0v) is 24.0. The SMILES string of the molecule is COc1cc(/C=N\NC(=O)[C@@H](Cc2c[nH]c3ccccc23)NC(=O)OCC(C)C)cc([N+](=O)[O-])c1OCc1ccccc1. The Kier molecular flexibility index (Phi) is 10.3. The van der Waals surface area contributed by atoms with Crippen LogP contribution in [0.4, 0.5) is 10.5 Å². The molecule has 43 heavy (non-hydrogen) atoms. The molecule has 2 amide bonds. The number of ether oxygens (including phenoxy) is 3. The van der Waals surface area contributed by atoms with Crippen molar-refractivity contribution in [1.82, 2.24) is 15.7 Å². The molecule has 4 aromatic rings. The van der Waals surface area contributed by atoms with E-state index < -0.39 is 23.0 Å². The molecule has 0 fully saturated rings. The van der Waals surface area contributed by atoms with Crippen molar-refractivity contribution in [3.05, 3.63) is 99.7 Å². The van der Waals surface area contributed by atoms with Crippen molar-refractivity contribution < 1.29 is 28.7 Å². The van der Waals surface area contributed by atoms with E-state index in [2.05, 4.69) is 20.8 Å². The standard InChI is InChI=1S/C31H33N5O7/c1-20(2)18-43-31(38)34-26(15-23-17-32-25-12-8-7-11-24(23)25)30(37)35-33-16-22-13-27(36(39)40)29(28(14-22)41-3)42-19-21-9-5-4-6-10-21/h4-14,16-17,20,26,32H,15,18-19H2,1-3H3,(H,34,38)(H,35,37)/b33-16-/t26-/m1/s1. The molecule has 0 radical (unpaired) electrons. The topological polar surface area (TPSA) is 157 Å². The highest BCUT2D eigenvalue weighted by molar-refractivity contribution is 5.90. The van der Waals surface area contributed by atoms with Gasteiger partial charge in [-0.2, -0.15) is 5.10 Å². The Labute approximate surface area is 248 Å². The van der Waals surface area contributed by atoms with Gasteiger partial charge in [-0.05, 0) is 29.2 Å². The average molecular weight is 588 g/mol. The Morgan fingerprint density at radius 2 is 1.84 bits per heavy atom. The van der Waals surface area contributed by atoms with Crippen molar-refractivity contribution in [2.75, 3.05) is 13.7 Å². The van der Waals surface area contributed by atoms with Gasteiger partial charge >= 0.3 is 11.8 Å². The highest BCUT2D eigenvalue weighted by Crippen LogP contribution is 2.38. The van der Waals surface area contributed by atoms with Gasteiger partial charge in [0, 0.05) is 35.2 Å². The van der Waals surface area contributed by atoms with E-state index >= 15 is 0 Å². The number of carbonyl (C=O) groups excluding carboxylic acids is 2. The minimum atomic E-state index is -1.02. The van der Waals surface area contributed by atoms with Crippen LogP contribution in [0, 0.1) is 16.0 Å². The summed E-state index contributed by atoms with van der Waals surface area (Å²) in [6.07, 6.45) is 2.45. The van der Waals surface area contributed by atoms with Crippen LogP contribution in [0.25, 0.3) is 10.9 Å². The number of hydrogen-bond donors (Lipinski definition) is 3. The van der Waals surface area contributed by atoms with E-state index in [4.69, 9.17) is 14.2 Å². The molecule has 0 aliphatic heterocycles. The molecule has 12 heteroatoms. The third kappa shape index (κ3) is 8.32. The van der Waals surface area contributed by atoms with Crippen molar-refractivity contribution >= 4 is 34.8 Å². The molecule has 0 aliphatic rings. The summed E-state index contributed by atoms with van der Waals surface area (Å²) >= 11 is 0. The Bertz CT molecular complexity index is 1600. The minimum absolute atomic E-state index is 0.0274. The van der Waals surface area contributed by atoms with Crippen LogP contribution in [-0.2, 0) is 22.6 Å². The molecule has 0 saturated heterocycles. The van der Waals surface area contributed by atoms with Gasteiger partial charge in [-0.3, -0.25) is 14.9 Å². The van der Waals surface area contributed by atoms with Crippen molar-refractivity contribution in [1.29, 1.82) is 0 Å². The van der Waals surface area contributed by atoms with Crippen LogP contribution in [0.5, 0.6) is 11.5 Å². The number of rotatable bonds is 13. The van der Waals surface area contributed by atoms with Crippen LogP contribution in [-0.4, -0.2) is 47.9 Å². The van der Waals surface area contributed by atoms with Crippen LogP contribution >= 0.6 is 0 Å². The normalized spacial score (nSPS) is 11.8. The smallest absolute Gasteiger partial charge is 0.407 e. The summed E-state index contributed by atoms with van der Waals surface area (Å²) in [5.74, 6) is -0.384. The summed E-state index contributed by atoms with van der Waals surface area (Å²) in [4.78, 5) is 40.1. The quantitative estimate of drug-likeness (QED) is 0.111. The summed E-state index contributed by atoms with van der Waals surface area (Å²) in [7, 11) is 1.37. The molecule has 1 atom stereocenters. The van der Waals surface area contributed by atoms with Crippen LogP contribution in [0.3, 0.4) is 0 Å². The number of hydrazone groups is 1. The molecule has 12 nitrogen and oxygen atoms in total. The van der Waals surface area contributed by atoms with E-state index in [1.807, 2.05) is 68.4 Å². The highest BCUT2D eigenvalue weighted by Gasteiger charge is 2.24. The monoisotopic (exact) mass is 587 g/mol. The first-order valence-corrected chi connectivity index (χ1v) is 13.6. The number of aromatic nitrogens is 1. The molecule has 0 bridgehead atoms. The number of hydrogen-bond acceptors (Lipinski definition) is 8. The van der Waals surface area contributed by atoms with Gasteiger partial charge in [0.2, 0.25) is 5.75 Å². The number of carbonyl (C=O) groups is 2. The molecule has 1 aromatic heterocycles. The lowest BCUT2D eigenvalue weighted by molar-refractivity contribution is -0.386. The lowest BCUT2D eigenvalue weighted by atomic mass is 10.0. The number of methoxy groups -OCH3 is 1. The van der Waals surface area contributed by atoms with Crippen LogP contribution < -0.4 is 20.2 Å². The first-order valence-electron chi connectivity index (χ1n) is 13.6. The van der Waals surface area contributed by atoms with Gasteiger partial charge in [-0.25, -0.2) is 10.2 Å². The van der Waals surface area contributed by atoms with Crippen molar-refractivity contribution in [2.24, 2.45) is 11.0 Å². The third-order valence-corrected chi connectivity index (χ3v) is 6.34. The Balaban J connectivity index is 1.51. The fraction of sp³-hybridized carbons (Fsp3) is 0.258. The van der Waals surface area contributed by atoms with Gasteiger partial charge in [0.25, 0.3) is 5.91 Å². The van der Waals surface area contributed by atoms with Crippen LogP contribution in [0.2, 0.25) is 0 Å². The Hall–Kier alpha value is -5.39. The van der Waals surface area contributed by atoms with Crippen molar-refractivity contribution in [3.63, 3.8) is 0 Å². The number of benzene rings is 3. The maximum atomic E-state index is 13.2. The maximum Gasteiger partial charge on any atom is 0.407 e. The zero-order valence-electron chi connectivity index (χ0n) is 24.0.